The van der Waals surface area contributed by atoms with Gasteiger partial charge in [-0.1, -0.05) is 67.8 Å². The van der Waals surface area contributed by atoms with Crippen LogP contribution in [0.25, 0.3) is 11.1 Å². The predicted octanol–water partition coefficient (Wildman–Crippen LogP) is 4.99. The summed E-state index contributed by atoms with van der Waals surface area (Å²) in [7, 11) is 0. The second-order valence-electron chi connectivity index (χ2n) is 9.87. The van der Waals surface area contributed by atoms with Gasteiger partial charge in [-0.3, -0.25) is 9.59 Å². The average Bonchev–Trinajstić information content (AvgIpc) is 3.15. The van der Waals surface area contributed by atoms with Crippen molar-refractivity contribution in [1.82, 2.24) is 10.6 Å². The first-order chi connectivity index (χ1) is 16.9. The lowest BCUT2D eigenvalue weighted by molar-refractivity contribution is -0.137. The van der Waals surface area contributed by atoms with E-state index < -0.39 is 17.6 Å². The van der Waals surface area contributed by atoms with Crippen molar-refractivity contribution >= 4 is 18.0 Å². The topological polar surface area (TPSA) is 105 Å². The van der Waals surface area contributed by atoms with Gasteiger partial charge in [0.2, 0.25) is 5.91 Å². The quantitative estimate of drug-likeness (QED) is 0.471. The van der Waals surface area contributed by atoms with E-state index in [1.165, 1.54) is 11.1 Å². The molecular formula is C28H34N2O5. The summed E-state index contributed by atoms with van der Waals surface area (Å²) in [5.41, 5.74) is 4.02. The van der Waals surface area contributed by atoms with Crippen LogP contribution in [0.5, 0.6) is 0 Å². The number of hydrogen-bond donors (Lipinski definition) is 3. The highest BCUT2D eigenvalue weighted by Gasteiger charge is 2.37. The van der Waals surface area contributed by atoms with Gasteiger partial charge in [-0.15, -0.1) is 0 Å². The van der Waals surface area contributed by atoms with Crippen molar-refractivity contribution in [3.05, 3.63) is 59.7 Å². The van der Waals surface area contributed by atoms with Gasteiger partial charge in [0.25, 0.3) is 0 Å². The van der Waals surface area contributed by atoms with E-state index in [4.69, 9.17) is 9.84 Å². The minimum absolute atomic E-state index is 0.00455. The summed E-state index contributed by atoms with van der Waals surface area (Å²) in [6.07, 6.45) is 4.41. The Hall–Kier alpha value is -3.35. The number of carboxylic acid groups (broad SMARTS) is 1. The van der Waals surface area contributed by atoms with Crippen LogP contribution in [-0.2, 0) is 14.3 Å². The Bertz CT molecular complexity index is 1030. The molecule has 2 aromatic carbocycles. The number of fused-ring (bicyclic) bond motifs is 3. The largest absolute Gasteiger partial charge is 0.481 e. The normalized spacial score (nSPS) is 17.1. The Kier molecular flexibility index (Phi) is 7.73. The molecule has 1 unspecified atom stereocenters. The molecule has 7 heteroatoms. The molecule has 0 aliphatic heterocycles. The van der Waals surface area contributed by atoms with Crippen LogP contribution in [0.3, 0.4) is 0 Å². The Morgan fingerprint density at radius 1 is 1.00 bits per heavy atom. The minimum atomic E-state index is -0.883. The van der Waals surface area contributed by atoms with Gasteiger partial charge in [-0.2, -0.15) is 0 Å². The lowest BCUT2D eigenvalue weighted by Crippen LogP contribution is -2.53. The Labute approximate surface area is 206 Å². The molecule has 2 aliphatic carbocycles. The molecule has 0 heterocycles. The monoisotopic (exact) mass is 478 g/mol. The van der Waals surface area contributed by atoms with Crippen LogP contribution in [0.15, 0.2) is 48.5 Å². The van der Waals surface area contributed by atoms with E-state index in [2.05, 4.69) is 34.9 Å². The van der Waals surface area contributed by atoms with Crippen molar-refractivity contribution in [1.29, 1.82) is 0 Å². The Morgan fingerprint density at radius 3 is 2.20 bits per heavy atom. The van der Waals surface area contributed by atoms with E-state index >= 15 is 0 Å². The lowest BCUT2D eigenvalue weighted by Gasteiger charge is -2.37. The SMILES string of the molecule is CC(CCC(=O)O)NC(=O)CC1(NC(=O)OCC2c3ccccc3-c3ccccc32)CCCCC1. The number of nitrogens with one attached hydrogen (secondary N) is 2. The number of carboxylic acids is 1. The highest BCUT2D eigenvalue weighted by molar-refractivity contribution is 5.80. The number of carbonyl (C=O) groups is 3. The molecule has 1 fully saturated rings. The molecule has 1 atom stereocenters. The van der Waals surface area contributed by atoms with Crippen LogP contribution in [0.2, 0.25) is 0 Å². The minimum Gasteiger partial charge on any atom is -0.481 e. The van der Waals surface area contributed by atoms with Gasteiger partial charge in [-0.25, -0.2) is 4.79 Å². The van der Waals surface area contributed by atoms with Crippen LogP contribution < -0.4 is 10.6 Å². The summed E-state index contributed by atoms with van der Waals surface area (Å²) < 4.78 is 5.75. The van der Waals surface area contributed by atoms with Gasteiger partial charge in [0.1, 0.15) is 6.61 Å². The first-order valence-corrected chi connectivity index (χ1v) is 12.5. The third-order valence-corrected chi connectivity index (χ3v) is 7.22. The predicted molar refractivity (Wildman–Crippen MR) is 133 cm³/mol. The summed E-state index contributed by atoms with van der Waals surface area (Å²) in [5.74, 6) is -1.08. The van der Waals surface area contributed by atoms with Gasteiger partial charge in [0.05, 0.1) is 5.54 Å². The van der Waals surface area contributed by atoms with E-state index in [-0.39, 0.29) is 37.3 Å². The summed E-state index contributed by atoms with van der Waals surface area (Å²) in [6.45, 7) is 2.03. The van der Waals surface area contributed by atoms with Crippen LogP contribution in [0.1, 0.15) is 75.3 Å². The lowest BCUT2D eigenvalue weighted by atomic mass is 9.79. The van der Waals surface area contributed by atoms with Gasteiger partial charge in [0, 0.05) is 24.8 Å². The summed E-state index contributed by atoms with van der Waals surface area (Å²) in [5, 5.41) is 14.8. The highest BCUT2D eigenvalue weighted by Crippen LogP contribution is 2.44. The van der Waals surface area contributed by atoms with Crippen LogP contribution >= 0.6 is 0 Å². The summed E-state index contributed by atoms with van der Waals surface area (Å²) in [6, 6.07) is 16.2. The first-order valence-electron chi connectivity index (χ1n) is 12.5. The fourth-order valence-corrected chi connectivity index (χ4v) is 5.47. The van der Waals surface area contributed by atoms with Crippen LogP contribution in [0.4, 0.5) is 4.79 Å². The fraction of sp³-hybridized carbons (Fsp3) is 0.464. The van der Waals surface area contributed by atoms with Gasteiger partial charge >= 0.3 is 12.1 Å². The number of alkyl carbamates (subject to hydrolysis) is 1. The van der Waals surface area contributed by atoms with Crippen molar-refractivity contribution in [3.8, 4) is 11.1 Å². The molecule has 0 radical (unpaired) electrons. The molecule has 1 saturated carbocycles. The van der Waals surface area contributed by atoms with E-state index in [1.807, 2.05) is 24.3 Å². The van der Waals surface area contributed by atoms with Gasteiger partial charge < -0.3 is 20.5 Å². The standard InChI is InChI=1S/C28H34N2O5/c1-19(13-14-26(32)33)29-25(31)17-28(15-7-2-8-16-28)30-27(34)35-18-24-22-11-5-3-9-20(22)21-10-4-6-12-23(21)24/h3-6,9-12,19,24H,2,7-8,13-18H2,1H3,(H,29,31)(H,30,34)(H,32,33). The van der Waals surface area contributed by atoms with Crippen molar-refractivity contribution in [2.45, 2.75) is 75.8 Å². The van der Waals surface area contributed by atoms with Gasteiger partial charge in [0.15, 0.2) is 0 Å². The average molecular weight is 479 g/mol. The maximum Gasteiger partial charge on any atom is 0.407 e. The van der Waals surface area contributed by atoms with E-state index in [9.17, 15) is 14.4 Å². The van der Waals surface area contributed by atoms with Gasteiger partial charge in [-0.05, 0) is 48.4 Å². The fourth-order valence-electron chi connectivity index (χ4n) is 5.47. The maximum atomic E-state index is 12.9. The number of benzene rings is 2. The molecule has 186 valence electrons. The zero-order valence-corrected chi connectivity index (χ0v) is 20.2. The molecule has 2 aromatic rings. The molecule has 35 heavy (non-hydrogen) atoms. The molecule has 0 aromatic heterocycles. The highest BCUT2D eigenvalue weighted by atomic mass is 16.5. The molecule has 0 spiro atoms. The van der Waals surface area contributed by atoms with Crippen LogP contribution in [0, 0.1) is 0 Å². The van der Waals surface area contributed by atoms with Crippen molar-refractivity contribution < 1.29 is 24.2 Å². The Morgan fingerprint density at radius 2 is 1.60 bits per heavy atom. The third-order valence-electron chi connectivity index (χ3n) is 7.22. The molecular weight excluding hydrogens is 444 g/mol. The second kappa shape index (κ2) is 10.9. The zero-order chi connectivity index (χ0) is 24.8. The van der Waals surface area contributed by atoms with E-state index in [1.54, 1.807) is 6.92 Å². The molecule has 7 nitrogen and oxygen atoms in total. The van der Waals surface area contributed by atoms with Crippen molar-refractivity contribution in [2.75, 3.05) is 6.61 Å². The number of ether oxygens (including phenoxy) is 1. The first kappa shape index (κ1) is 24.8. The number of rotatable bonds is 9. The van der Waals surface area contributed by atoms with Crippen LogP contribution in [-0.4, -0.2) is 41.3 Å². The van der Waals surface area contributed by atoms with Crippen molar-refractivity contribution in [2.24, 2.45) is 0 Å². The second-order valence-corrected chi connectivity index (χ2v) is 9.87. The zero-order valence-electron chi connectivity index (χ0n) is 20.2. The molecule has 3 N–H and O–H groups in total. The summed E-state index contributed by atoms with van der Waals surface area (Å²) >= 11 is 0. The number of hydrogen-bond acceptors (Lipinski definition) is 4. The molecule has 0 saturated heterocycles. The van der Waals surface area contributed by atoms with E-state index in [0.29, 0.717) is 19.3 Å². The number of amides is 2. The number of aliphatic carboxylic acids is 1. The van der Waals surface area contributed by atoms with E-state index in [0.717, 1.165) is 30.4 Å². The summed E-state index contributed by atoms with van der Waals surface area (Å²) in [4.78, 5) is 36.5. The maximum absolute atomic E-state index is 12.9. The molecule has 4 rings (SSSR count). The molecule has 2 aliphatic rings. The number of carbonyl (C=O) groups excluding carboxylic acids is 2. The smallest absolute Gasteiger partial charge is 0.407 e. The Balaban J connectivity index is 1.38. The third kappa shape index (κ3) is 6.02. The molecule has 2 amide bonds. The molecule has 0 bridgehead atoms. The van der Waals surface area contributed by atoms with Crippen molar-refractivity contribution in [3.63, 3.8) is 0 Å².